The Kier molecular flexibility index (Phi) is 6.86. The van der Waals surface area contributed by atoms with Gasteiger partial charge < -0.3 is 10.2 Å². The summed E-state index contributed by atoms with van der Waals surface area (Å²) in [5.41, 5.74) is 5.79. The molecule has 1 aromatic rings. The molecular weight excluding hydrogens is 408 g/mol. The van der Waals surface area contributed by atoms with Crippen LogP contribution < -0.4 is 0 Å². The molecule has 176 valence electrons. The van der Waals surface area contributed by atoms with E-state index in [1.807, 2.05) is 12.1 Å². The van der Waals surface area contributed by atoms with Gasteiger partial charge in [0.05, 0.1) is 0 Å². The van der Waals surface area contributed by atoms with Crippen molar-refractivity contribution >= 4 is 8.07 Å². The van der Waals surface area contributed by atoms with Crippen LogP contribution in [-0.2, 0) is 6.42 Å². The maximum absolute atomic E-state index is 12.1. The van der Waals surface area contributed by atoms with Gasteiger partial charge in [0, 0.05) is 5.41 Å². The van der Waals surface area contributed by atoms with Crippen LogP contribution in [0, 0.1) is 28.7 Å². The number of hydrogen-bond donors (Lipinski definition) is 2. The van der Waals surface area contributed by atoms with E-state index in [4.69, 9.17) is 0 Å². The van der Waals surface area contributed by atoms with Crippen LogP contribution in [-0.4, -0.2) is 23.9 Å². The van der Waals surface area contributed by atoms with Crippen LogP contribution in [0.3, 0.4) is 0 Å². The lowest BCUT2D eigenvalue weighted by Crippen LogP contribution is -2.50. The predicted molar refractivity (Wildman–Crippen MR) is 136 cm³/mol. The maximum Gasteiger partial charge on any atom is 0.138 e. The summed E-state index contributed by atoms with van der Waals surface area (Å²) >= 11 is 0. The molecular formula is C29H44O2Si. The highest BCUT2D eigenvalue weighted by molar-refractivity contribution is 6.87. The number of rotatable bonds is 6. The second kappa shape index (κ2) is 9.19. The van der Waals surface area contributed by atoms with Crippen molar-refractivity contribution < 1.29 is 10.2 Å². The second-order valence-corrected chi connectivity index (χ2v) is 15.7. The van der Waals surface area contributed by atoms with Crippen LogP contribution >= 0.6 is 0 Å². The van der Waals surface area contributed by atoms with Gasteiger partial charge in [-0.05, 0) is 97.7 Å². The summed E-state index contributed by atoms with van der Waals surface area (Å²) in [6, 6.07) is 9.87. The Morgan fingerprint density at radius 2 is 1.69 bits per heavy atom. The summed E-state index contributed by atoms with van der Waals surface area (Å²) < 4.78 is 0. The van der Waals surface area contributed by atoms with Crippen LogP contribution in [0.25, 0.3) is 0 Å². The van der Waals surface area contributed by atoms with Gasteiger partial charge in [-0.3, -0.25) is 0 Å². The van der Waals surface area contributed by atoms with Gasteiger partial charge in [-0.15, -0.1) is 5.54 Å². The molecule has 3 aliphatic carbocycles. The minimum Gasteiger partial charge on any atom is -0.508 e. The van der Waals surface area contributed by atoms with Crippen LogP contribution in [0.5, 0.6) is 5.75 Å². The second-order valence-electron chi connectivity index (χ2n) is 11.4. The first-order valence-corrected chi connectivity index (χ1v) is 16.0. The average Bonchev–Trinajstić information content (AvgIpc) is 3.04. The summed E-state index contributed by atoms with van der Waals surface area (Å²) in [6.07, 6.45) is 10.1. The average molecular weight is 453 g/mol. The Morgan fingerprint density at radius 3 is 2.34 bits per heavy atom. The standard InChI is InChI=1S/C29H44O2Si/c1-5-17-32(18-6-2,19-7-3)20-16-29(31)15-13-27-26-10-8-22-21-23(30)9-11-24(22)25(26)12-14-28(27,29)4/h9,11,21,25-27,30-31H,5-8,10,12-15,17-19H2,1-4H3/t25-,26-,27+,28+,29-/m1/s1. The molecule has 3 aliphatic rings. The SMILES string of the molecule is CCC[Si](C#C[C@]1(O)CC[C@H]2[C@@H]3CCc4cc(O)ccc4[C@H]3CC[C@@]21C)(CCC)CCC. The Balaban J connectivity index is 1.62. The normalized spacial score (nSPS) is 33.6. The number of aryl methyl sites for hydroxylation is 1. The lowest BCUT2D eigenvalue weighted by Gasteiger charge is -2.52. The molecule has 0 unspecified atom stereocenters. The monoisotopic (exact) mass is 452 g/mol. The van der Waals surface area contributed by atoms with Crippen LogP contribution in [0.1, 0.15) is 96.1 Å². The highest BCUT2D eigenvalue weighted by Gasteiger charge is 2.61. The van der Waals surface area contributed by atoms with Crippen molar-refractivity contribution in [3.8, 4) is 17.2 Å². The van der Waals surface area contributed by atoms with Gasteiger partial charge >= 0.3 is 0 Å². The van der Waals surface area contributed by atoms with E-state index in [0.29, 0.717) is 23.5 Å². The predicted octanol–water partition coefficient (Wildman–Crippen LogP) is 7.20. The Labute approximate surface area is 197 Å². The van der Waals surface area contributed by atoms with Crippen molar-refractivity contribution in [3.05, 3.63) is 29.3 Å². The summed E-state index contributed by atoms with van der Waals surface area (Å²) in [5.74, 6) is 5.83. The third-order valence-electron chi connectivity index (χ3n) is 9.58. The number of aromatic hydroxyl groups is 1. The van der Waals surface area contributed by atoms with Gasteiger partial charge in [-0.25, -0.2) is 0 Å². The first-order chi connectivity index (χ1) is 15.3. The summed E-state index contributed by atoms with van der Waals surface area (Å²) in [7, 11) is -1.63. The fourth-order valence-corrected chi connectivity index (χ4v) is 12.5. The zero-order valence-corrected chi connectivity index (χ0v) is 21.8. The molecule has 0 spiro atoms. The van der Waals surface area contributed by atoms with Crippen molar-refractivity contribution in [3.63, 3.8) is 0 Å². The minimum atomic E-state index is -1.63. The number of phenols is 1. The topological polar surface area (TPSA) is 40.5 Å². The molecule has 2 nitrogen and oxygen atoms in total. The molecule has 0 aromatic heterocycles. The van der Waals surface area contributed by atoms with Gasteiger partial charge in [0.2, 0.25) is 0 Å². The Hall–Kier alpha value is -1.24. The molecule has 0 saturated heterocycles. The van der Waals surface area contributed by atoms with Crippen molar-refractivity contribution in [2.24, 2.45) is 17.3 Å². The molecule has 0 heterocycles. The lowest BCUT2D eigenvalue weighted by atomic mass is 9.53. The molecule has 2 N–H and O–H groups in total. The minimum absolute atomic E-state index is 0.0830. The zero-order chi connectivity index (χ0) is 23.0. The summed E-state index contributed by atoms with van der Waals surface area (Å²) in [6.45, 7) is 9.28. The van der Waals surface area contributed by atoms with E-state index in [0.717, 1.165) is 32.1 Å². The van der Waals surface area contributed by atoms with Crippen LogP contribution in [0.4, 0.5) is 0 Å². The van der Waals surface area contributed by atoms with E-state index < -0.39 is 13.7 Å². The molecule has 0 amide bonds. The number of phenolic OH excluding ortho intramolecular Hbond substituents is 1. The number of aliphatic hydroxyl groups is 1. The van der Waals surface area contributed by atoms with Gasteiger partial charge in [0.1, 0.15) is 19.4 Å². The van der Waals surface area contributed by atoms with Gasteiger partial charge in [0.25, 0.3) is 0 Å². The van der Waals surface area contributed by atoms with E-state index >= 15 is 0 Å². The van der Waals surface area contributed by atoms with Crippen molar-refractivity contribution in [1.29, 1.82) is 0 Å². The van der Waals surface area contributed by atoms with Gasteiger partial charge in [-0.2, -0.15) is 0 Å². The molecule has 32 heavy (non-hydrogen) atoms. The molecule has 0 bridgehead atoms. The van der Waals surface area contributed by atoms with E-state index in [2.05, 4.69) is 45.2 Å². The van der Waals surface area contributed by atoms with Crippen molar-refractivity contribution in [2.75, 3.05) is 0 Å². The van der Waals surface area contributed by atoms with Crippen LogP contribution in [0.15, 0.2) is 18.2 Å². The molecule has 0 aliphatic heterocycles. The molecule has 1 aromatic carbocycles. The van der Waals surface area contributed by atoms with Crippen LogP contribution in [0.2, 0.25) is 18.1 Å². The fourth-order valence-electron chi connectivity index (χ4n) is 8.02. The molecule has 0 radical (unpaired) electrons. The number of benzene rings is 1. The molecule has 2 saturated carbocycles. The van der Waals surface area contributed by atoms with Crippen molar-refractivity contribution in [2.45, 2.75) is 115 Å². The molecule has 5 atom stereocenters. The first-order valence-electron chi connectivity index (χ1n) is 13.4. The lowest BCUT2D eigenvalue weighted by molar-refractivity contribution is -0.0647. The van der Waals surface area contributed by atoms with Crippen molar-refractivity contribution in [1.82, 2.24) is 0 Å². The third kappa shape index (κ3) is 3.96. The fraction of sp³-hybridized carbons (Fsp3) is 0.724. The maximum atomic E-state index is 12.1. The highest BCUT2D eigenvalue weighted by Crippen LogP contribution is 2.64. The molecule has 2 fully saturated rings. The van der Waals surface area contributed by atoms with Gasteiger partial charge in [-0.1, -0.05) is 58.9 Å². The highest BCUT2D eigenvalue weighted by atomic mass is 28.3. The van der Waals surface area contributed by atoms with Gasteiger partial charge in [0.15, 0.2) is 0 Å². The smallest absolute Gasteiger partial charge is 0.138 e. The number of fused-ring (bicyclic) bond motifs is 5. The number of hydrogen-bond acceptors (Lipinski definition) is 2. The molecule has 4 rings (SSSR count). The van der Waals surface area contributed by atoms with E-state index in [-0.39, 0.29) is 5.41 Å². The Bertz CT molecular complexity index is 866. The van der Waals surface area contributed by atoms with E-state index in [1.54, 1.807) is 0 Å². The molecule has 3 heteroatoms. The van der Waals surface area contributed by atoms with E-state index in [1.165, 1.54) is 54.9 Å². The Morgan fingerprint density at radius 1 is 1.00 bits per heavy atom. The third-order valence-corrected chi connectivity index (χ3v) is 14.6. The summed E-state index contributed by atoms with van der Waals surface area (Å²) in [5, 5.41) is 22.0. The van der Waals surface area contributed by atoms with E-state index in [9.17, 15) is 10.2 Å². The summed E-state index contributed by atoms with van der Waals surface area (Å²) in [4.78, 5) is 0. The largest absolute Gasteiger partial charge is 0.508 e. The zero-order valence-electron chi connectivity index (χ0n) is 20.8. The first kappa shape index (κ1) is 23.9. The quantitative estimate of drug-likeness (QED) is 0.354.